The maximum atomic E-state index is 7.32. The molecule has 0 unspecified atom stereocenters. The van der Waals surface area contributed by atoms with Gasteiger partial charge < -0.3 is 9.64 Å². The van der Waals surface area contributed by atoms with Gasteiger partial charge in [0.1, 0.15) is 28.5 Å². The molecule has 0 saturated carbocycles. The maximum absolute atomic E-state index is 7.32. The first-order chi connectivity index (χ1) is 32.5. The lowest BCUT2D eigenvalue weighted by molar-refractivity contribution is 0.423. The van der Waals surface area contributed by atoms with Crippen LogP contribution in [0.25, 0.3) is 49.9 Å². The first-order valence-corrected chi connectivity index (χ1v) is 24.2. The maximum Gasteiger partial charge on any atom is 0.145 e. The Balaban J connectivity index is 1.10. The minimum Gasteiger partial charge on any atom is -0.457 e. The minimum atomic E-state index is -0.613. The number of rotatable bonds is 5. The zero-order valence-corrected chi connectivity index (χ0v) is 41.4. The highest BCUT2D eigenvalue weighted by atomic mass is 16.5. The lowest BCUT2D eigenvalue weighted by Crippen LogP contribution is -2.41. The van der Waals surface area contributed by atoms with Crippen molar-refractivity contribution in [2.75, 3.05) is 4.90 Å². The Kier molecular flexibility index (Phi) is 9.07. The summed E-state index contributed by atoms with van der Waals surface area (Å²) in [5.41, 5.74) is 25.8. The van der Waals surface area contributed by atoms with Crippen molar-refractivity contribution in [2.45, 2.75) is 100 Å². The summed E-state index contributed by atoms with van der Waals surface area (Å²) in [6, 6.07) is 45.0. The molecular formula is C63H58N4O. The average Bonchev–Trinajstić information content (AvgIpc) is 3.80. The summed E-state index contributed by atoms with van der Waals surface area (Å²) in [5, 5.41) is 2.44. The van der Waals surface area contributed by atoms with E-state index >= 15 is 0 Å². The van der Waals surface area contributed by atoms with Crippen molar-refractivity contribution in [3.8, 4) is 39.4 Å². The second kappa shape index (κ2) is 14.6. The number of ether oxygens (including phenoxy) is 1. The van der Waals surface area contributed by atoms with Crippen LogP contribution < -0.4 is 9.64 Å². The number of amidine groups is 1. The van der Waals surface area contributed by atoms with E-state index in [-0.39, 0.29) is 11.5 Å². The molecule has 9 aromatic rings. The summed E-state index contributed by atoms with van der Waals surface area (Å²) < 4.78 is 9.70. The lowest BCUT2D eigenvalue weighted by Gasteiger charge is -2.44. The van der Waals surface area contributed by atoms with Crippen molar-refractivity contribution < 1.29 is 4.74 Å². The minimum absolute atomic E-state index is 0.107. The number of anilines is 1. The zero-order valence-electron chi connectivity index (χ0n) is 41.4. The Morgan fingerprint density at radius 2 is 1.22 bits per heavy atom. The quantitative estimate of drug-likeness (QED) is 0.173. The summed E-state index contributed by atoms with van der Waals surface area (Å²) in [4.78, 5) is 13.7. The van der Waals surface area contributed by atoms with Crippen LogP contribution in [0.4, 0.5) is 5.69 Å². The standard InChI is InChI=1S/C63H58N4O/c1-34-25-41(8)57(42(9)26-34)67-59-48-27-35(2)23-39(6)54(48)56-40(7)24-36(3)28-51(56)63(59,12)65-60(67)45-30-44(43-17-14-13-15-18-43)31-46(32-45)68-53-33-52-50(29-38(53)5)62(10,11)49-20-16-19-47-55-37(4)21-22-64-61(55)66(52)58(47)49/h13-33,59H,1-12H3/t59-,63+/m0/s1. The summed E-state index contributed by atoms with van der Waals surface area (Å²) >= 11 is 0. The van der Waals surface area contributed by atoms with Crippen molar-refractivity contribution in [1.82, 2.24) is 9.55 Å². The Labute approximate surface area is 400 Å². The van der Waals surface area contributed by atoms with Crippen LogP contribution in [0.1, 0.15) is 105 Å². The number of aryl methyl sites for hydroxylation is 9. The monoisotopic (exact) mass is 886 g/mol. The molecule has 3 aliphatic rings. The number of nitrogens with zero attached hydrogens (tertiary/aromatic N) is 4. The highest BCUT2D eigenvalue weighted by Crippen LogP contribution is 2.60. The Hall–Kier alpha value is -7.24. The Bertz CT molecular complexity index is 3680. The van der Waals surface area contributed by atoms with Crippen LogP contribution >= 0.6 is 0 Å². The van der Waals surface area contributed by atoms with Crippen molar-refractivity contribution in [2.24, 2.45) is 4.99 Å². The van der Waals surface area contributed by atoms with Crippen molar-refractivity contribution in [3.63, 3.8) is 0 Å². The first kappa shape index (κ1) is 42.1. The molecule has 5 nitrogen and oxygen atoms in total. The molecule has 0 N–H and O–H groups in total. The fourth-order valence-electron chi connectivity index (χ4n) is 12.8. The number of fused-ring (bicyclic) bond motifs is 11. The van der Waals surface area contributed by atoms with Crippen LogP contribution in [0.15, 0.2) is 133 Å². The van der Waals surface area contributed by atoms with E-state index in [9.17, 15) is 0 Å². The van der Waals surface area contributed by atoms with E-state index in [1.807, 2.05) is 6.20 Å². The van der Waals surface area contributed by atoms with E-state index in [0.717, 1.165) is 50.9 Å². The van der Waals surface area contributed by atoms with Crippen LogP contribution in [-0.4, -0.2) is 15.4 Å². The van der Waals surface area contributed by atoms with Gasteiger partial charge in [-0.3, -0.25) is 9.56 Å². The summed E-state index contributed by atoms with van der Waals surface area (Å²) in [7, 11) is 0. The largest absolute Gasteiger partial charge is 0.457 e. The molecule has 0 amide bonds. The molecule has 0 spiro atoms. The Morgan fingerprint density at radius 3 is 1.97 bits per heavy atom. The molecule has 5 heteroatoms. The summed E-state index contributed by atoms with van der Waals surface area (Å²) in [5.74, 6) is 2.51. The highest BCUT2D eigenvalue weighted by Gasteiger charge is 2.54. The molecule has 0 saturated heterocycles. The predicted octanol–water partition coefficient (Wildman–Crippen LogP) is 16.0. The number of hydrogen-bond donors (Lipinski definition) is 0. The number of hydrogen-bond acceptors (Lipinski definition) is 4. The van der Waals surface area contributed by atoms with Gasteiger partial charge in [0.05, 0.1) is 17.2 Å². The third-order valence-electron chi connectivity index (χ3n) is 15.6. The van der Waals surface area contributed by atoms with E-state index < -0.39 is 5.54 Å². The van der Waals surface area contributed by atoms with Gasteiger partial charge in [-0.2, -0.15) is 0 Å². The summed E-state index contributed by atoms with van der Waals surface area (Å²) in [6.45, 7) is 27.2. The fraction of sp³-hybridized carbons (Fsp3) is 0.238. The van der Waals surface area contributed by atoms with Gasteiger partial charge in [0.25, 0.3) is 0 Å². The van der Waals surface area contributed by atoms with Crippen LogP contribution in [0.5, 0.6) is 11.5 Å². The molecule has 4 heterocycles. The van der Waals surface area contributed by atoms with Gasteiger partial charge in [0, 0.05) is 39.7 Å². The van der Waals surface area contributed by atoms with Gasteiger partial charge in [-0.05, 0) is 177 Å². The van der Waals surface area contributed by atoms with Crippen LogP contribution in [0.3, 0.4) is 0 Å². The van der Waals surface area contributed by atoms with Crippen molar-refractivity contribution in [3.05, 3.63) is 205 Å². The molecule has 336 valence electrons. The molecule has 0 radical (unpaired) electrons. The molecule has 2 aliphatic heterocycles. The smallest absolute Gasteiger partial charge is 0.145 e. The van der Waals surface area contributed by atoms with Crippen molar-refractivity contribution in [1.29, 1.82) is 0 Å². The molecular weight excluding hydrogens is 829 g/mol. The first-order valence-electron chi connectivity index (χ1n) is 24.2. The average molecular weight is 887 g/mol. The topological polar surface area (TPSA) is 42.6 Å². The highest BCUT2D eigenvalue weighted by molar-refractivity contribution is 6.15. The van der Waals surface area contributed by atoms with E-state index in [2.05, 4.69) is 214 Å². The molecule has 12 rings (SSSR count). The number of aromatic nitrogens is 2. The Morgan fingerprint density at radius 1 is 0.544 bits per heavy atom. The SMILES string of the molecule is Cc1cc(C)c(N2C(c3cc(Oc4cc5c(cc4C)C(C)(C)c4cccc6c7c(C)ccnc7n-5c46)cc(-c4ccccc4)c3)=N[C@]3(C)c4cc(C)cc(C)c4-c4c(C)cc(C)cc4[C@H]23)c(C)c1. The van der Waals surface area contributed by atoms with Crippen molar-refractivity contribution >= 4 is 33.5 Å². The number of pyridine rings is 1. The predicted molar refractivity (Wildman–Crippen MR) is 283 cm³/mol. The third-order valence-corrected chi connectivity index (χ3v) is 15.6. The van der Waals surface area contributed by atoms with Gasteiger partial charge in [0.2, 0.25) is 0 Å². The second-order valence-electron chi connectivity index (χ2n) is 21.0. The van der Waals surface area contributed by atoms with Crippen LogP contribution in [0, 0.1) is 62.3 Å². The molecule has 68 heavy (non-hydrogen) atoms. The van der Waals surface area contributed by atoms with E-state index in [4.69, 9.17) is 14.7 Å². The van der Waals surface area contributed by atoms with Gasteiger partial charge in [-0.25, -0.2) is 4.98 Å². The van der Waals surface area contributed by atoms with Gasteiger partial charge in [-0.15, -0.1) is 0 Å². The number of aliphatic imine (C=N–C) groups is 1. The number of para-hydroxylation sites is 1. The van der Waals surface area contributed by atoms with Gasteiger partial charge in [-0.1, -0.05) is 115 Å². The van der Waals surface area contributed by atoms with E-state index in [0.29, 0.717) is 0 Å². The van der Waals surface area contributed by atoms with E-state index in [1.165, 1.54) is 99.9 Å². The number of benzene rings is 7. The summed E-state index contributed by atoms with van der Waals surface area (Å²) in [6.07, 6.45) is 1.94. The van der Waals surface area contributed by atoms with Gasteiger partial charge in [0.15, 0.2) is 0 Å². The molecule has 0 fully saturated rings. The third kappa shape index (κ3) is 5.93. The molecule has 0 bridgehead atoms. The van der Waals surface area contributed by atoms with E-state index in [1.54, 1.807) is 0 Å². The molecule has 2 atom stereocenters. The molecule has 2 aromatic heterocycles. The zero-order chi connectivity index (χ0) is 47.3. The molecule has 1 aliphatic carbocycles. The lowest BCUT2D eigenvalue weighted by atomic mass is 9.68. The normalized spacial score (nSPS) is 17.5. The van der Waals surface area contributed by atoms with Crippen LogP contribution in [-0.2, 0) is 11.0 Å². The molecule has 7 aromatic carbocycles. The fourth-order valence-corrected chi connectivity index (χ4v) is 12.8. The van der Waals surface area contributed by atoms with Gasteiger partial charge >= 0.3 is 0 Å². The second-order valence-corrected chi connectivity index (χ2v) is 21.0. The van der Waals surface area contributed by atoms with Crippen LogP contribution in [0.2, 0.25) is 0 Å².